The summed E-state index contributed by atoms with van der Waals surface area (Å²) in [6.07, 6.45) is 5.63. The molecule has 0 radical (unpaired) electrons. The van der Waals surface area contributed by atoms with E-state index >= 15 is 0 Å². The van der Waals surface area contributed by atoms with Gasteiger partial charge in [0.2, 0.25) is 0 Å². The second kappa shape index (κ2) is 7.86. The number of nitrogens with one attached hydrogen (secondary N) is 2. The number of nitrogens with zero attached hydrogens (tertiary/aromatic N) is 2. The zero-order valence-electron chi connectivity index (χ0n) is 12.8. The van der Waals surface area contributed by atoms with Crippen LogP contribution in [0.3, 0.4) is 0 Å². The highest BCUT2D eigenvalue weighted by Crippen LogP contribution is 2.30. The van der Waals surface area contributed by atoms with Gasteiger partial charge >= 0.3 is 11.8 Å². The Morgan fingerprint density at radius 1 is 1.41 bits per heavy atom. The van der Waals surface area contributed by atoms with Crippen molar-refractivity contribution in [1.29, 1.82) is 0 Å². The number of likely N-dealkylation sites (N-methyl/N-ethyl adjacent to an activating group) is 1. The van der Waals surface area contributed by atoms with Crippen molar-refractivity contribution in [3.05, 3.63) is 30.1 Å². The van der Waals surface area contributed by atoms with Gasteiger partial charge in [0.25, 0.3) is 0 Å². The summed E-state index contributed by atoms with van der Waals surface area (Å²) in [6.45, 7) is 0.993. The first kappa shape index (κ1) is 16.4. The van der Waals surface area contributed by atoms with Crippen LogP contribution in [0.4, 0.5) is 0 Å². The molecule has 2 amide bonds. The molecule has 7 nitrogen and oxygen atoms in total. The molecule has 22 heavy (non-hydrogen) atoms. The van der Waals surface area contributed by atoms with Gasteiger partial charge in [0.1, 0.15) is 0 Å². The van der Waals surface area contributed by atoms with Crippen molar-refractivity contribution >= 4 is 11.8 Å². The third-order valence-corrected chi connectivity index (χ3v) is 3.79. The van der Waals surface area contributed by atoms with E-state index in [-0.39, 0.29) is 6.04 Å². The quantitative estimate of drug-likeness (QED) is 0.526. The average Bonchev–Trinajstić information content (AvgIpc) is 2.55. The summed E-state index contributed by atoms with van der Waals surface area (Å²) < 4.78 is 0. The molecular weight excluding hydrogens is 282 g/mol. The number of hydrogen-bond donors (Lipinski definition) is 3. The van der Waals surface area contributed by atoms with Gasteiger partial charge < -0.3 is 21.3 Å². The SMILES string of the molecule is CNCC(N)NC(=O)C(=O)N1CCCCC1c1ccncc1. The maximum absolute atomic E-state index is 12.4. The minimum absolute atomic E-state index is 0.0736. The van der Waals surface area contributed by atoms with Crippen molar-refractivity contribution in [1.82, 2.24) is 20.5 Å². The monoisotopic (exact) mass is 305 g/mol. The van der Waals surface area contributed by atoms with Crippen LogP contribution in [0.25, 0.3) is 0 Å². The predicted molar refractivity (Wildman–Crippen MR) is 82.6 cm³/mol. The summed E-state index contributed by atoms with van der Waals surface area (Å²) >= 11 is 0. The first-order valence-corrected chi connectivity index (χ1v) is 7.55. The summed E-state index contributed by atoms with van der Waals surface area (Å²) in [5.74, 6) is -1.17. The first-order chi connectivity index (χ1) is 10.6. The van der Waals surface area contributed by atoms with Crippen LogP contribution in [-0.4, -0.2) is 48.0 Å². The standard InChI is InChI=1S/C15H23N5O2/c1-17-10-13(16)19-14(21)15(22)20-9-3-2-4-12(20)11-5-7-18-8-6-11/h5-8,12-13,17H,2-4,9-10,16H2,1H3,(H,19,21). The number of rotatable bonds is 4. The smallest absolute Gasteiger partial charge is 0.312 e. The molecule has 1 saturated heterocycles. The van der Waals surface area contributed by atoms with Crippen molar-refractivity contribution in [3.63, 3.8) is 0 Å². The Morgan fingerprint density at radius 2 is 2.14 bits per heavy atom. The number of carbonyl (C=O) groups excluding carboxylic acids is 2. The zero-order chi connectivity index (χ0) is 15.9. The van der Waals surface area contributed by atoms with Crippen LogP contribution in [0.1, 0.15) is 30.9 Å². The highest BCUT2D eigenvalue weighted by atomic mass is 16.2. The summed E-state index contributed by atoms with van der Waals surface area (Å²) in [5.41, 5.74) is 6.73. The number of likely N-dealkylation sites (tertiary alicyclic amines) is 1. The summed E-state index contributed by atoms with van der Waals surface area (Å²) in [5, 5.41) is 5.38. The lowest BCUT2D eigenvalue weighted by Gasteiger charge is -2.35. The van der Waals surface area contributed by atoms with Gasteiger partial charge in [-0.05, 0) is 44.0 Å². The van der Waals surface area contributed by atoms with Gasteiger partial charge in [0.05, 0.1) is 12.2 Å². The highest BCUT2D eigenvalue weighted by molar-refractivity contribution is 6.35. The molecule has 0 saturated carbocycles. The molecular formula is C15H23N5O2. The van der Waals surface area contributed by atoms with Gasteiger partial charge in [-0.1, -0.05) is 0 Å². The van der Waals surface area contributed by atoms with Crippen LogP contribution >= 0.6 is 0 Å². The number of aromatic nitrogens is 1. The lowest BCUT2D eigenvalue weighted by atomic mass is 9.96. The van der Waals surface area contributed by atoms with E-state index < -0.39 is 18.0 Å². The molecule has 2 unspecified atom stereocenters. The van der Waals surface area contributed by atoms with Gasteiger partial charge in [-0.25, -0.2) is 0 Å². The largest absolute Gasteiger partial charge is 0.331 e. The summed E-state index contributed by atoms with van der Waals surface area (Å²) in [7, 11) is 1.73. The van der Waals surface area contributed by atoms with Crippen molar-refractivity contribution < 1.29 is 9.59 Å². The molecule has 1 aromatic heterocycles. The Bertz CT molecular complexity index is 508. The topological polar surface area (TPSA) is 100 Å². The Labute approximate surface area is 130 Å². The Morgan fingerprint density at radius 3 is 2.82 bits per heavy atom. The van der Waals surface area contributed by atoms with Crippen LogP contribution in [0.5, 0.6) is 0 Å². The zero-order valence-corrected chi connectivity index (χ0v) is 12.8. The van der Waals surface area contributed by atoms with Crippen molar-refractivity contribution in [3.8, 4) is 0 Å². The molecule has 0 spiro atoms. The minimum Gasteiger partial charge on any atom is -0.331 e. The van der Waals surface area contributed by atoms with Crippen molar-refractivity contribution in [2.24, 2.45) is 5.73 Å². The molecule has 2 atom stereocenters. The van der Waals surface area contributed by atoms with E-state index in [0.29, 0.717) is 13.1 Å². The average molecular weight is 305 g/mol. The molecule has 0 bridgehead atoms. The molecule has 4 N–H and O–H groups in total. The Hall–Kier alpha value is -1.99. The third kappa shape index (κ3) is 4.02. The van der Waals surface area contributed by atoms with Crippen LogP contribution in [-0.2, 0) is 9.59 Å². The van der Waals surface area contributed by atoms with E-state index in [2.05, 4.69) is 15.6 Å². The molecule has 7 heteroatoms. The molecule has 0 aliphatic carbocycles. The number of piperidine rings is 1. The van der Waals surface area contributed by atoms with E-state index in [9.17, 15) is 9.59 Å². The van der Waals surface area contributed by atoms with Crippen LogP contribution in [0.15, 0.2) is 24.5 Å². The molecule has 1 aliphatic rings. The molecule has 1 fully saturated rings. The van der Waals surface area contributed by atoms with Gasteiger partial charge in [0, 0.05) is 25.5 Å². The van der Waals surface area contributed by atoms with Crippen LogP contribution in [0, 0.1) is 0 Å². The third-order valence-electron chi connectivity index (χ3n) is 3.79. The second-order valence-electron chi connectivity index (χ2n) is 5.43. The molecule has 0 aromatic carbocycles. The van der Waals surface area contributed by atoms with E-state index in [1.807, 2.05) is 12.1 Å². The second-order valence-corrected chi connectivity index (χ2v) is 5.43. The van der Waals surface area contributed by atoms with E-state index in [1.54, 1.807) is 24.3 Å². The van der Waals surface area contributed by atoms with Crippen molar-refractivity contribution in [2.45, 2.75) is 31.5 Å². The van der Waals surface area contributed by atoms with Crippen molar-refractivity contribution in [2.75, 3.05) is 20.1 Å². The predicted octanol–water partition coefficient (Wildman–Crippen LogP) is -0.244. The number of nitrogens with two attached hydrogens (primary N) is 1. The molecule has 2 heterocycles. The number of amides is 2. The lowest BCUT2D eigenvalue weighted by Crippen LogP contribution is -2.53. The van der Waals surface area contributed by atoms with E-state index in [1.165, 1.54) is 0 Å². The molecule has 2 rings (SSSR count). The Kier molecular flexibility index (Phi) is 5.85. The maximum atomic E-state index is 12.4. The number of pyridine rings is 1. The molecule has 1 aromatic rings. The summed E-state index contributed by atoms with van der Waals surface area (Å²) in [6, 6.07) is 3.71. The molecule has 120 valence electrons. The fourth-order valence-corrected chi connectivity index (χ4v) is 2.74. The van der Waals surface area contributed by atoms with E-state index in [4.69, 9.17) is 5.73 Å². The number of carbonyl (C=O) groups is 2. The normalized spacial score (nSPS) is 19.5. The van der Waals surface area contributed by atoms with Crippen LogP contribution < -0.4 is 16.4 Å². The van der Waals surface area contributed by atoms with Gasteiger partial charge in [-0.2, -0.15) is 0 Å². The first-order valence-electron chi connectivity index (χ1n) is 7.55. The highest BCUT2D eigenvalue weighted by Gasteiger charge is 2.32. The van der Waals surface area contributed by atoms with Gasteiger partial charge in [-0.15, -0.1) is 0 Å². The fourth-order valence-electron chi connectivity index (χ4n) is 2.74. The van der Waals surface area contributed by atoms with Gasteiger partial charge in [-0.3, -0.25) is 14.6 Å². The fraction of sp³-hybridized carbons (Fsp3) is 0.533. The Balaban J connectivity index is 2.07. The molecule has 1 aliphatic heterocycles. The summed E-state index contributed by atoms with van der Waals surface area (Å²) in [4.78, 5) is 30.2. The lowest BCUT2D eigenvalue weighted by molar-refractivity contribution is -0.148. The maximum Gasteiger partial charge on any atom is 0.312 e. The van der Waals surface area contributed by atoms with Gasteiger partial charge in [0.15, 0.2) is 0 Å². The van der Waals surface area contributed by atoms with E-state index in [0.717, 1.165) is 24.8 Å². The minimum atomic E-state index is -0.649. The van der Waals surface area contributed by atoms with Crippen LogP contribution in [0.2, 0.25) is 0 Å². The number of hydrogen-bond acceptors (Lipinski definition) is 5.